The maximum absolute atomic E-state index is 12.2. The Balaban J connectivity index is 2.50. The van der Waals surface area contributed by atoms with Gasteiger partial charge in [0.15, 0.2) is 0 Å². The van der Waals surface area contributed by atoms with Gasteiger partial charge in [0.2, 0.25) is 0 Å². The summed E-state index contributed by atoms with van der Waals surface area (Å²) < 4.78 is 44.8. The highest BCUT2D eigenvalue weighted by molar-refractivity contribution is 6.36. The number of carbonyl (C=O) groups is 1. The molecule has 0 amide bonds. The van der Waals surface area contributed by atoms with Crippen LogP contribution in [0.2, 0.25) is 5.02 Å². The van der Waals surface area contributed by atoms with Crippen LogP contribution in [0.1, 0.15) is 10.4 Å². The largest absolute Gasteiger partial charge is 0.573 e. The second-order valence-corrected chi connectivity index (χ2v) is 4.09. The molecule has 0 N–H and O–H groups in total. The zero-order valence-electron chi connectivity index (χ0n) is 9.99. The van der Waals surface area contributed by atoms with Crippen LogP contribution < -0.4 is 4.74 Å². The average molecular weight is 306 g/mol. The van der Waals surface area contributed by atoms with Crippen LogP contribution in [0.5, 0.6) is 5.75 Å². The van der Waals surface area contributed by atoms with Gasteiger partial charge in [-0.05, 0) is 18.2 Å². The van der Waals surface area contributed by atoms with Crippen LogP contribution in [0.15, 0.2) is 24.4 Å². The number of nitrogens with zero attached hydrogens (tertiary/aromatic N) is 1. The van der Waals surface area contributed by atoms with Crippen molar-refractivity contribution in [3.63, 3.8) is 0 Å². The van der Waals surface area contributed by atoms with E-state index < -0.39 is 18.1 Å². The molecule has 0 fully saturated rings. The number of alkyl halides is 3. The minimum atomic E-state index is -4.84. The minimum absolute atomic E-state index is 0.0982. The van der Waals surface area contributed by atoms with Crippen LogP contribution in [-0.4, -0.2) is 24.4 Å². The number of halogens is 4. The van der Waals surface area contributed by atoms with Gasteiger partial charge in [0.25, 0.3) is 0 Å². The SMILES string of the molecule is COC(=O)c1cnc2c(Cl)c(OC(F)(F)F)ccc2c1. The van der Waals surface area contributed by atoms with Gasteiger partial charge in [-0.25, -0.2) is 4.79 Å². The lowest BCUT2D eigenvalue weighted by molar-refractivity contribution is -0.274. The van der Waals surface area contributed by atoms with E-state index in [4.69, 9.17) is 11.6 Å². The molecule has 2 rings (SSSR count). The first-order valence-corrected chi connectivity index (χ1v) is 5.62. The predicted molar refractivity (Wildman–Crippen MR) is 64.8 cm³/mol. The first-order chi connectivity index (χ1) is 9.31. The third-order valence-electron chi connectivity index (χ3n) is 2.40. The molecule has 1 aromatic heterocycles. The molecule has 20 heavy (non-hydrogen) atoms. The molecule has 106 valence electrons. The summed E-state index contributed by atoms with van der Waals surface area (Å²) in [6.07, 6.45) is -3.68. The summed E-state index contributed by atoms with van der Waals surface area (Å²) in [5.74, 6) is -1.16. The van der Waals surface area contributed by atoms with Gasteiger partial charge in [-0.2, -0.15) is 0 Å². The van der Waals surface area contributed by atoms with Crippen molar-refractivity contribution >= 4 is 28.5 Å². The third kappa shape index (κ3) is 2.93. The Morgan fingerprint density at radius 3 is 2.65 bits per heavy atom. The number of hydrogen-bond acceptors (Lipinski definition) is 4. The number of hydrogen-bond donors (Lipinski definition) is 0. The second-order valence-electron chi connectivity index (χ2n) is 3.71. The van der Waals surface area contributed by atoms with Gasteiger partial charge in [0.05, 0.1) is 18.2 Å². The maximum atomic E-state index is 12.2. The molecule has 0 saturated carbocycles. The summed E-state index contributed by atoms with van der Waals surface area (Å²) in [6.45, 7) is 0. The van der Waals surface area contributed by atoms with Crippen molar-refractivity contribution in [3.05, 3.63) is 35.0 Å². The molecule has 4 nitrogen and oxygen atoms in total. The average Bonchev–Trinajstić information content (AvgIpc) is 2.39. The number of aromatic nitrogens is 1. The first kappa shape index (κ1) is 14.4. The van der Waals surface area contributed by atoms with Gasteiger partial charge < -0.3 is 9.47 Å². The number of pyridine rings is 1. The molecule has 0 spiro atoms. The molecule has 0 aliphatic rings. The van der Waals surface area contributed by atoms with E-state index in [1.54, 1.807) is 0 Å². The second kappa shape index (κ2) is 5.16. The number of fused-ring (bicyclic) bond motifs is 1. The van der Waals surface area contributed by atoms with E-state index in [1.165, 1.54) is 19.2 Å². The van der Waals surface area contributed by atoms with Gasteiger partial charge in [-0.1, -0.05) is 11.6 Å². The van der Waals surface area contributed by atoms with Gasteiger partial charge in [0.1, 0.15) is 10.8 Å². The highest BCUT2D eigenvalue weighted by Gasteiger charge is 2.32. The van der Waals surface area contributed by atoms with E-state index in [9.17, 15) is 18.0 Å². The lowest BCUT2D eigenvalue weighted by Crippen LogP contribution is -2.17. The molecule has 8 heteroatoms. The van der Waals surface area contributed by atoms with Crippen LogP contribution >= 0.6 is 11.6 Å². The van der Waals surface area contributed by atoms with Gasteiger partial charge in [-0.15, -0.1) is 13.2 Å². The van der Waals surface area contributed by atoms with Gasteiger partial charge in [-0.3, -0.25) is 4.98 Å². The van der Waals surface area contributed by atoms with Crippen molar-refractivity contribution in [2.45, 2.75) is 6.36 Å². The summed E-state index contributed by atoms with van der Waals surface area (Å²) >= 11 is 5.81. The van der Waals surface area contributed by atoms with E-state index in [2.05, 4.69) is 14.5 Å². The third-order valence-corrected chi connectivity index (χ3v) is 2.77. The highest BCUT2D eigenvalue weighted by Crippen LogP contribution is 2.35. The molecule has 1 aromatic carbocycles. The molecule has 0 atom stereocenters. The van der Waals surface area contributed by atoms with Crippen molar-refractivity contribution < 1.29 is 27.4 Å². The molecular formula is C12H7ClF3NO3. The predicted octanol–water partition coefficient (Wildman–Crippen LogP) is 3.57. The number of ether oxygens (including phenoxy) is 2. The summed E-state index contributed by atoms with van der Waals surface area (Å²) in [5.41, 5.74) is 0.265. The Labute approximate surface area is 116 Å². The van der Waals surface area contributed by atoms with Crippen LogP contribution in [-0.2, 0) is 4.74 Å². The molecular weight excluding hydrogens is 299 g/mol. The number of benzene rings is 1. The Bertz CT molecular complexity index is 673. The fourth-order valence-corrected chi connectivity index (χ4v) is 1.84. The van der Waals surface area contributed by atoms with E-state index in [1.807, 2.05) is 0 Å². The van der Waals surface area contributed by atoms with Crippen molar-refractivity contribution in [1.82, 2.24) is 4.98 Å². The molecule has 0 unspecified atom stereocenters. The highest BCUT2D eigenvalue weighted by atomic mass is 35.5. The van der Waals surface area contributed by atoms with Crippen molar-refractivity contribution in [3.8, 4) is 5.75 Å². The topological polar surface area (TPSA) is 48.4 Å². The molecule has 0 saturated heterocycles. The normalized spacial score (nSPS) is 11.4. The number of carbonyl (C=O) groups excluding carboxylic acids is 1. The van der Waals surface area contributed by atoms with Crippen LogP contribution in [0, 0.1) is 0 Å². The van der Waals surface area contributed by atoms with Crippen molar-refractivity contribution in [2.24, 2.45) is 0 Å². The Morgan fingerprint density at radius 2 is 2.05 bits per heavy atom. The minimum Gasteiger partial charge on any atom is -0.465 e. The Hall–Kier alpha value is -2.02. The fraction of sp³-hybridized carbons (Fsp3) is 0.167. The Kier molecular flexibility index (Phi) is 3.71. The van der Waals surface area contributed by atoms with Crippen LogP contribution in [0.3, 0.4) is 0 Å². The van der Waals surface area contributed by atoms with Crippen LogP contribution in [0.25, 0.3) is 10.9 Å². The van der Waals surface area contributed by atoms with Crippen molar-refractivity contribution in [2.75, 3.05) is 7.11 Å². The fourth-order valence-electron chi connectivity index (χ4n) is 1.58. The molecule has 2 aromatic rings. The summed E-state index contributed by atoms with van der Waals surface area (Å²) in [7, 11) is 1.21. The standard InChI is InChI=1S/C12H7ClF3NO3/c1-19-11(18)7-4-6-2-3-8(20-12(14,15)16)9(13)10(6)17-5-7/h2-5H,1H3. The Morgan fingerprint density at radius 1 is 1.35 bits per heavy atom. The maximum Gasteiger partial charge on any atom is 0.573 e. The smallest absolute Gasteiger partial charge is 0.465 e. The van der Waals surface area contributed by atoms with Gasteiger partial charge in [0, 0.05) is 11.6 Å². The molecule has 1 heterocycles. The number of esters is 1. The molecule has 0 bridgehead atoms. The van der Waals surface area contributed by atoms with Gasteiger partial charge >= 0.3 is 12.3 Å². The zero-order valence-corrected chi connectivity index (χ0v) is 10.7. The lowest BCUT2D eigenvalue weighted by Gasteiger charge is -2.11. The van der Waals surface area contributed by atoms with E-state index in [0.717, 1.165) is 12.3 Å². The van der Waals surface area contributed by atoms with E-state index >= 15 is 0 Å². The number of methoxy groups -OCH3 is 1. The van der Waals surface area contributed by atoms with Crippen LogP contribution in [0.4, 0.5) is 13.2 Å². The molecule has 0 radical (unpaired) electrons. The van der Waals surface area contributed by atoms with E-state index in [-0.39, 0.29) is 16.1 Å². The summed E-state index contributed by atoms with van der Waals surface area (Å²) in [5, 5.41) is 0.115. The first-order valence-electron chi connectivity index (χ1n) is 5.24. The lowest BCUT2D eigenvalue weighted by atomic mass is 10.1. The number of rotatable bonds is 2. The molecule has 0 aliphatic carbocycles. The quantitative estimate of drug-likeness (QED) is 0.796. The van der Waals surface area contributed by atoms with E-state index in [0.29, 0.717) is 5.39 Å². The monoisotopic (exact) mass is 305 g/mol. The summed E-state index contributed by atoms with van der Waals surface area (Å²) in [4.78, 5) is 15.2. The zero-order chi connectivity index (χ0) is 14.9. The summed E-state index contributed by atoms with van der Waals surface area (Å²) in [6, 6.07) is 3.79. The molecule has 0 aliphatic heterocycles. The van der Waals surface area contributed by atoms with Crippen molar-refractivity contribution in [1.29, 1.82) is 0 Å².